The molecule has 0 saturated carbocycles. The lowest BCUT2D eigenvalue weighted by Gasteiger charge is -2.38. The molecule has 8 nitrogen and oxygen atoms in total. The summed E-state index contributed by atoms with van der Waals surface area (Å²) in [5, 5.41) is 5.92. The van der Waals surface area contributed by atoms with E-state index in [2.05, 4.69) is 21.6 Å². The van der Waals surface area contributed by atoms with Crippen molar-refractivity contribution >= 4 is 12.2 Å². The van der Waals surface area contributed by atoms with Crippen LogP contribution < -0.4 is 15.4 Å². The summed E-state index contributed by atoms with van der Waals surface area (Å²) < 4.78 is 16.1. The normalized spacial score (nSPS) is 19.7. The first-order valence-electron chi connectivity index (χ1n) is 11.2. The molecule has 32 heavy (non-hydrogen) atoms. The Morgan fingerprint density at radius 2 is 1.50 bits per heavy atom. The van der Waals surface area contributed by atoms with Gasteiger partial charge >= 0.3 is 12.2 Å². The lowest BCUT2D eigenvalue weighted by atomic mass is 10.00. The zero-order chi connectivity index (χ0) is 23.9. The molecule has 0 aromatic heterocycles. The lowest BCUT2D eigenvalue weighted by Crippen LogP contribution is -2.58. The van der Waals surface area contributed by atoms with E-state index >= 15 is 0 Å². The molecule has 0 aliphatic carbocycles. The van der Waals surface area contributed by atoms with Crippen LogP contribution in [0.5, 0.6) is 5.75 Å². The fraction of sp³-hybridized carbons (Fsp3) is 0.667. The quantitative estimate of drug-likeness (QED) is 0.688. The number of carbonyl (C=O) groups is 2. The molecule has 2 atom stereocenters. The zero-order valence-corrected chi connectivity index (χ0v) is 20.5. The fourth-order valence-electron chi connectivity index (χ4n) is 3.65. The summed E-state index contributed by atoms with van der Waals surface area (Å²) in [4.78, 5) is 26.9. The van der Waals surface area contributed by atoms with Gasteiger partial charge in [-0.15, -0.1) is 0 Å². The number of ether oxygens (including phenoxy) is 3. The van der Waals surface area contributed by atoms with Gasteiger partial charge in [-0.05, 0) is 72.1 Å². The van der Waals surface area contributed by atoms with Gasteiger partial charge in [0.1, 0.15) is 17.0 Å². The molecule has 0 spiro atoms. The third-order valence-electron chi connectivity index (χ3n) is 4.82. The topological polar surface area (TPSA) is 89.1 Å². The van der Waals surface area contributed by atoms with Crippen molar-refractivity contribution in [1.29, 1.82) is 0 Å². The largest absolute Gasteiger partial charge is 0.497 e. The maximum absolute atomic E-state index is 12.3. The molecule has 1 aliphatic rings. The Hall–Kier alpha value is -2.48. The van der Waals surface area contributed by atoms with E-state index in [9.17, 15) is 9.59 Å². The van der Waals surface area contributed by atoms with Gasteiger partial charge in [0.05, 0.1) is 7.11 Å². The Kier molecular flexibility index (Phi) is 8.78. The first kappa shape index (κ1) is 25.8. The first-order chi connectivity index (χ1) is 14.8. The number of piperidine rings is 1. The summed E-state index contributed by atoms with van der Waals surface area (Å²) >= 11 is 0. The van der Waals surface area contributed by atoms with Crippen molar-refractivity contribution in [3.63, 3.8) is 0 Å². The molecule has 1 aromatic rings. The molecule has 2 unspecified atom stereocenters. The number of rotatable bonds is 6. The highest BCUT2D eigenvalue weighted by atomic mass is 16.6. The van der Waals surface area contributed by atoms with Crippen LogP contribution in [0.2, 0.25) is 0 Å². The summed E-state index contributed by atoms with van der Waals surface area (Å²) in [5.74, 6) is 0.829. The van der Waals surface area contributed by atoms with E-state index < -0.39 is 23.4 Å². The van der Waals surface area contributed by atoms with Gasteiger partial charge in [-0.2, -0.15) is 0 Å². The number of benzene rings is 1. The Morgan fingerprint density at radius 3 is 1.97 bits per heavy atom. The van der Waals surface area contributed by atoms with Crippen LogP contribution in [0.4, 0.5) is 9.59 Å². The highest BCUT2D eigenvalue weighted by Gasteiger charge is 2.31. The highest BCUT2D eigenvalue weighted by Crippen LogP contribution is 2.17. The van der Waals surface area contributed by atoms with Gasteiger partial charge in [0, 0.05) is 31.7 Å². The van der Waals surface area contributed by atoms with Gasteiger partial charge in [0.2, 0.25) is 0 Å². The van der Waals surface area contributed by atoms with Gasteiger partial charge in [0.15, 0.2) is 0 Å². The second-order valence-corrected chi connectivity index (χ2v) is 10.3. The van der Waals surface area contributed by atoms with Gasteiger partial charge < -0.3 is 24.8 Å². The maximum Gasteiger partial charge on any atom is 0.407 e. The lowest BCUT2D eigenvalue weighted by molar-refractivity contribution is 0.0414. The molecule has 1 saturated heterocycles. The highest BCUT2D eigenvalue weighted by molar-refractivity contribution is 5.69. The van der Waals surface area contributed by atoms with Crippen LogP contribution in [0.1, 0.15) is 53.5 Å². The predicted molar refractivity (Wildman–Crippen MR) is 124 cm³/mol. The third kappa shape index (κ3) is 9.77. The van der Waals surface area contributed by atoms with E-state index in [0.717, 1.165) is 18.7 Å². The van der Waals surface area contributed by atoms with E-state index in [1.165, 1.54) is 5.56 Å². The van der Waals surface area contributed by atoms with E-state index in [4.69, 9.17) is 14.2 Å². The number of methoxy groups -OCH3 is 1. The molecule has 1 fully saturated rings. The van der Waals surface area contributed by atoms with Crippen LogP contribution in [0, 0.1) is 0 Å². The summed E-state index contributed by atoms with van der Waals surface area (Å²) in [7, 11) is 1.66. The summed E-state index contributed by atoms with van der Waals surface area (Å²) in [6, 6.07) is 7.69. The van der Waals surface area contributed by atoms with E-state index in [1.807, 2.05) is 59.7 Å². The van der Waals surface area contributed by atoms with Crippen molar-refractivity contribution < 1.29 is 23.8 Å². The van der Waals surface area contributed by atoms with Gasteiger partial charge in [-0.3, -0.25) is 4.90 Å². The number of carbonyl (C=O) groups excluding carboxylic acids is 2. The molecular weight excluding hydrogens is 410 g/mol. The smallest absolute Gasteiger partial charge is 0.407 e. The maximum atomic E-state index is 12.3. The van der Waals surface area contributed by atoms with Crippen LogP contribution in [-0.2, 0) is 15.9 Å². The van der Waals surface area contributed by atoms with Crippen LogP contribution >= 0.6 is 0 Å². The molecule has 8 heteroatoms. The van der Waals surface area contributed by atoms with Crippen molar-refractivity contribution in [3.05, 3.63) is 29.8 Å². The molecule has 0 radical (unpaired) electrons. The molecule has 2 amide bonds. The van der Waals surface area contributed by atoms with Crippen molar-refractivity contribution in [2.45, 2.75) is 77.7 Å². The SMILES string of the molecule is COc1cccc(CCN2CC(NC(=O)OC(C)(C)C)CC(NC(=O)OC(C)(C)C)C2)c1. The van der Waals surface area contributed by atoms with Crippen molar-refractivity contribution in [1.82, 2.24) is 15.5 Å². The minimum Gasteiger partial charge on any atom is -0.497 e. The molecule has 2 rings (SSSR count). The number of hydrogen-bond acceptors (Lipinski definition) is 6. The van der Waals surface area contributed by atoms with Gasteiger partial charge in [-0.1, -0.05) is 12.1 Å². The fourth-order valence-corrected chi connectivity index (χ4v) is 3.65. The van der Waals surface area contributed by atoms with E-state index in [-0.39, 0.29) is 12.1 Å². The van der Waals surface area contributed by atoms with Crippen LogP contribution in [-0.4, -0.2) is 67.1 Å². The zero-order valence-electron chi connectivity index (χ0n) is 20.5. The number of hydrogen-bond donors (Lipinski definition) is 2. The monoisotopic (exact) mass is 449 g/mol. The molecule has 1 aromatic carbocycles. The Morgan fingerprint density at radius 1 is 0.969 bits per heavy atom. The summed E-state index contributed by atoms with van der Waals surface area (Å²) in [5.41, 5.74) is 0.0287. The molecular formula is C24H39N3O5. The average molecular weight is 450 g/mol. The first-order valence-corrected chi connectivity index (χ1v) is 11.2. The minimum atomic E-state index is -0.570. The Bertz CT molecular complexity index is 732. The van der Waals surface area contributed by atoms with Crippen LogP contribution in [0.3, 0.4) is 0 Å². The van der Waals surface area contributed by atoms with Crippen LogP contribution in [0.15, 0.2) is 24.3 Å². The van der Waals surface area contributed by atoms with Gasteiger partial charge in [0.25, 0.3) is 0 Å². The molecule has 0 bridgehead atoms. The van der Waals surface area contributed by atoms with E-state index in [1.54, 1.807) is 7.11 Å². The minimum absolute atomic E-state index is 0.149. The number of nitrogens with one attached hydrogen (secondary N) is 2. The number of alkyl carbamates (subject to hydrolysis) is 2. The van der Waals surface area contributed by atoms with Gasteiger partial charge in [-0.25, -0.2) is 9.59 Å². The number of likely N-dealkylation sites (tertiary alicyclic amines) is 1. The summed E-state index contributed by atoms with van der Waals surface area (Å²) in [6.45, 7) is 13.1. The van der Waals surface area contributed by atoms with E-state index in [0.29, 0.717) is 19.5 Å². The van der Waals surface area contributed by atoms with Crippen LogP contribution in [0.25, 0.3) is 0 Å². The standard InChI is InChI=1S/C24H39N3O5/c1-23(2,3)31-21(28)25-18-14-19(26-22(29)32-24(4,5)6)16-27(15-18)12-11-17-9-8-10-20(13-17)30-7/h8-10,13,18-19H,11-12,14-16H2,1-7H3,(H,25,28)(H,26,29). The molecule has 2 N–H and O–H groups in total. The predicted octanol–water partition coefficient (Wildman–Crippen LogP) is 3.73. The van der Waals surface area contributed by atoms with Crippen molar-refractivity contribution in [2.24, 2.45) is 0 Å². The number of nitrogens with zero attached hydrogens (tertiary/aromatic N) is 1. The molecule has 1 heterocycles. The third-order valence-corrected chi connectivity index (χ3v) is 4.82. The Balaban J connectivity index is 2.02. The second kappa shape index (κ2) is 10.9. The van der Waals surface area contributed by atoms with Crippen molar-refractivity contribution in [3.8, 4) is 5.75 Å². The molecule has 180 valence electrons. The molecule has 1 aliphatic heterocycles. The number of amides is 2. The van der Waals surface area contributed by atoms with Crippen molar-refractivity contribution in [2.75, 3.05) is 26.7 Å². The second-order valence-electron chi connectivity index (χ2n) is 10.3. The average Bonchev–Trinajstić information content (AvgIpc) is 2.63. The summed E-state index contributed by atoms with van der Waals surface area (Å²) in [6.07, 6.45) is 0.533. The Labute approximate surface area is 192 Å².